The standard InChI is InChI=1S/C11H23N3/c1-4-10-14(13(5-2)6-3)11-8-7-9-12-11/h5,11-12H,2,4,6-10H2,1,3H3/t11-/m1/s1. The number of rotatable bonds is 6. The molecule has 1 aliphatic rings. The molecule has 0 amide bonds. The summed E-state index contributed by atoms with van der Waals surface area (Å²) in [6.45, 7) is 11.5. The zero-order valence-corrected chi connectivity index (χ0v) is 9.50. The topological polar surface area (TPSA) is 18.5 Å². The van der Waals surface area contributed by atoms with Gasteiger partial charge in [-0.2, -0.15) is 0 Å². The molecule has 1 heterocycles. The molecule has 82 valence electrons. The van der Waals surface area contributed by atoms with Crippen LogP contribution in [-0.2, 0) is 0 Å². The van der Waals surface area contributed by atoms with Crippen molar-refractivity contribution >= 4 is 0 Å². The number of nitrogens with one attached hydrogen (secondary N) is 1. The fraction of sp³-hybridized carbons (Fsp3) is 0.818. The first-order chi connectivity index (χ1) is 6.83. The molecule has 14 heavy (non-hydrogen) atoms. The van der Waals surface area contributed by atoms with Crippen molar-refractivity contribution in [2.24, 2.45) is 0 Å². The van der Waals surface area contributed by atoms with Gasteiger partial charge >= 0.3 is 0 Å². The Morgan fingerprint density at radius 2 is 2.29 bits per heavy atom. The molecule has 0 spiro atoms. The molecule has 1 saturated heterocycles. The monoisotopic (exact) mass is 197 g/mol. The van der Waals surface area contributed by atoms with Gasteiger partial charge in [0.15, 0.2) is 0 Å². The van der Waals surface area contributed by atoms with Crippen LogP contribution < -0.4 is 5.32 Å². The van der Waals surface area contributed by atoms with Gasteiger partial charge in [0.05, 0.1) is 6.17 Å². The lowest BCUT2D eigenvalue weighted by molar-refractivity contribution is -0.0225. The first-order valence-electron chi connectivity index (χ1n) is 5.72. The van der Waals surface area contributed by atoms with Gasteiger partial charge in [-0.25, -0.2) is 5.01 Å². The summed E-state index contributed by atoms with van der Waals surface area (Å²) in [7, 11) is 0. The Hall–Kier alpha value is -0.540. The number of nitrogens with zero attached hydrogens (tertiary/aromatic N) is 2. The summed E-state index contributed by atoms with van der Waals surface area (Å²) in [5, 5.41) is 8.14. The van der Waals surface area contributed by atoms with Gasteiger partial charge in [-0.1, -0.05) is 13.5 Å². The maximum absolute atomic E-state index is 3.86. The maximum atomic E-state index is 3.86. The summed E-state index contributed by atoms with van der Waals surface area (Å²) < 4.78 is 0. The minimum Gasteiger partial charge on any atom is -0.312 e. The predicted octanol–water partition coefficient (Wildman–Crippen LogP) is 1.79. The van der Waals surface area contributed by atoms with Gasteiger partial charge in [-0.3, -0.25) is 0 Å². The van der Waals surface area contributed by atoms with Crippen molar-refractivity contribution in [2.45, 2.75) is 39.3 Å². The Morgan fingerprint density at radius 1 is 1.50 bits per heavy atom. The van der Waals surface area contributed by atoms with Crippen LogP contribution in [-0.4, -0.2) is 35.8 Å². The Balaban J connectivity index is 2.55. The largest absolute Gasteiger partial charge is 0.312 e. The van der Waals surface area contributed by atoms with Crippen LogP contribution in [0.3, 0.4) is 0 Å². The molecule has 1 atom stereocenters. The molecule has 0 saturated carbocycles. The normalized spacial score (nSPS) is 21.5. The molecule has 3 nitrogen and oxygen atoms in total. The molecule has 0 aliphatic carbocycles. The summed E-state index contributed by atoms with van der Waals surface area (Å²) in [5.74, 6) is 0. The minimum absolute atomic E-state index is 0.521. The lowest BCUT2D eigenvalue weighted by atomic mass is 10.3. The van der Waals surface area contributed by atoms with Crippen molar-refractivity contribution in [3.8, 4) is 0 Å². The zero-order chi connectivity index (χ0) is 10.4. The minimum atomic E-state index is 0.521. The van der Waals surface area contributed by atoms with E-state index in [0.717, 1.165) is 19.6 Å². The van der Waals surface area contributed by atoms with Crippen molar-refractivity contribution in [3.63, 3.8) is 0 Å². The first-order valence-corrected chi connectivity index (χ1v) is 5.72. The Labute approximate surface area is 87.7 Å². The zero-order valence-electron chi connectivity index (χ0n) is 9.50. The highest BCUT2D eigenvalue weighted by Gasteiger charge is 2.23. The van der Waals surface area contributed by atoms with Gasteiger partial charge in [0.2, 0.25) is 0 Å². The van der Waals surface area contributed by atoms with Crippen LogP contribution in [0.15, 0.2) is 12.8 Å². The summed E-state index contributed by atoms with van der Waals surface area (Å²) in [5.41, 5.74) is 0. The van der Waals surface area contributed by atoms with E-state index < -0.39 is 0 Å². The van der Waals surface area contributed by atoms with Crippen molar-refractivity contribution in [2.75, 3.05) is 19.6 Å². The SMILES string of the molecule is C=CN(CC)N(CCC)[C@@H]1CCCN1. The fourth-order valence-electron chi connectivity index (χ4n) is 2.03. The molecule has 0 bridgehead atoms. The second kappa shape index (κ2) is 6.04. The van der Waals surface area contributed by atoms with E-state index in [4.69, 9.17) is 0 Å². The third-order valence-electron chi connectivity index (χ3n) is 2.71. The van der Waals surface area contributed by atoms with Crippen molar-refractivity contribution in [1.29, 1.82) is 0 Å². The third kappa shape index (κ3) is 2.72. The van der Waals surface area contributed by atoms with Crippen molar-refractivity contribution < 1.29 is 0 Å². The first kappa shape index (κ1) is 11.5. The number of hydrogen-bond acceptors (Lipinski definition) is 3. The molecule has 1 aliphatic heterocycles. The molecule has 0 unspecified atom stereocenters. The molecule has 1 fully saturated rings. The molecule has 0 aromatic rings. The van der Waals surface area contributed by atoms with Crippen LogP contribution in [0.4, 0.5) is 0 Å². The van der Waals surface area contributed by atoms with E-state index >= 15 is 0 Å². The van der Waals surface area contributed by atoms with Crippen molar-refractivity contribution in [1.82, 2.24) is 15.3 Å². The van der Waals surface area contributed by atoms with E-state index in [0.29, 0.717) is 6.17 Å². The fourth-order valence-corrected chi connectivity index (χ4v) is 2.03. The van der Waals surface area contributed by atoms with Crippen LogP contribution >= 0.6 is 0 Å². The lowest BCUT2D eigenvalue weighted by Gasteiger charge is -2.37. The highest BCUT2D eigenvalue weighted by Crippen LogP contribution is 2.13. The van der Waals surface area contributed by atoms with Gasteiger partial charge in [0.25, 0.3) is 0 Å². The van der Waals surface area contributed by atoms with Crippen LogP contribution in [0.2, 0.25) is 0 Å². The van der Waals surface area contributed by atoms with Crippen LogP contribution in [0.5, 0.6) is 0 Å². The van der Waals surface area contributed by atoms with E-state index in [1.807, 2.05) is 6.20 Å². The summed E-state index contributed by atoms with van der Waals surface area (Å²) in [6.07, 6.45) is 6.18. The summed E-state index contributed by atoms with van der Waals surface area (Å²) in [4.78, 5) is 0. The van der Waals surface area contributed by atoms with E-state index in [2.05, 4.69) is 35.8 Å². The van der Waals surface area contributed by atoms with E-state index in [-0.39, 0.29) is 0 Å². The molecule has 3 heteroatoms. The lowest BCUT2D eigenvalue weighted by Crippen LogP contribution is -2.50. The van der Waals surface area contributed by atoms with Gasteiger partial charge in [-0.15, -0.1) is 0 Å². The third-order valence-corrected chi connectivity index (χ3v) is 2.71. The van der Waals surface area contributed by atoms with E-state index in [1.165, 1.54) is 19.3 Å². The average Bonchev–Trinajstić information content (AvgIpc) is 2.71. The Kier molecular flexibility index (Phi) is 4.98. The smallest absolute Gasteiger partial charge is 0.0783 e. The molecule has 1 rings (SSSR count). The predicted molar refractivity (Wildman–Crippen MR) is 60.6 cm³/mol. The molecule has 0 aromatic heterocycles. The highest BCUT2D eigenvalue weighted by atomic mass is 15.6. The van der Waals surface area contributed by atoms with E-state index in [1.54, 1.807) is 0 Å². The van der Waals surface area contributed by atoms with Crippen LogP contribution in [0.1, 0.15) is 33.1 Å². The molecular formula is C11H23N3. The molecule has 1 N–H and O–H groups in total. The highest BCUT2D eigenvalue weighted by molar-refractivity contribution is 4.78. The second-order valence-corrected chi connectivity index (χ2v) is 3.71. The Morgan fingerprint density at radius 3 is 2.71 bits per heavy atom. The summed E-state index contributed by atoms with van der Waals surface area (Å²) in [6, 6.07) is 0. The quantitative estimate of drug-likeness (QED) is 0.655. The average molecular weight is 197 g/mol. The van der Waals surface area contributed by atoms with Gasteiger partial charge in [0, 0.05) is 19.3 Å². The maximum Gasteiger partial charge on any atom is 0.0783 e. The van der Waals surface area contributed by atoms with Gasteiger partial charge in [0.1, 0.15) is 0 Å². The molecule has 0 radical (unpaired) electrons. The van der Waals surface area contributed by atoms with Crippen LogP contribution in [0.25, 0.3) is 0 Å². The number of hydrazine groups is 1. The molecular weight excluding hydrogens is 174 g/mol. The van der Waals surface area contributed by atoms with Crippen molar-refractivity contribution in [3.05, 3.63) is 12.8 Å². The second-order valence-electron chi connectivity index (χ2n) is 3.71. The summed E-state index contributed by atoms with van der Waals surface area (Å²) >= 11 is 0. The Bertz CT molecular complexity index is 164. The van der Waals surface area contributed by atoms with Gasteiger partial charge in [-0.05, 0) is 32.7 Å². The number of hydrogen-bond donors (Lipinski definition) is 1. The van der Waals surface area contributed by atoms with Crippen LogP contribution in [0, 0.1) is 0 Å². The van der Waals surface area contributed by atoms with E-state index in [9.17, 15) is 0 Å². The van der Waals surface area contributed by atoms with Gasteiger partial charge < -0.3 is 10.3 Å². The molecule has 0 aromatic carbocycles.